The average Bonchev–Trinajstić information content (AvgIpc) is 2.62. The van der Waals surface area contributed by atoms with E-state index in [4.69, 9.17) is 5.73 Å². The first-order valence-corrected chi connectivity index (χ1v) is 7.60. The molecule has 0 saturated carbocycles. The van der Waals surface area contributed by atoms with Gasteiger partial charge in [-0.2, -0.15) is 0 Å². The van der Waals surface area contributed by atoms with Gasteiger partial charge in [-0.25, -0.2) is 0 Å². The fourth-order valence-electron chi connectivity index (χ4n) is 1.78. The third-order valence-electron chi connectivity index (χ3n) is 2.41. The van der Waals surface area contributed by atoms with Gasteiger partial charge in [0.2, 0.25) is 11.0 Å². The first-order chi connectivity index (χ1) is 8.32. The first-order valence-electron chi connectivity index (χ1n) is 5.90. The van der Waals surface area contributed by atoms with Gasteiger partial charge in [0.05, 0.1) is 5.25 Å². The lowest BCUT2D eigenvalue weighted by atomic mass is 10.2. The van der Waals surface area contributed by atoms with Crippen LogP contribution in [0.3, 0.4) is 0 Å². The van der Waals surface area contributed by atoms with Crippen molar-refractivity contribution in [3.8, 4) is 0 Å². The van der Waals surface area contributed by atoms with Crippen LogP contribution in [0.4, 0.5) is 5.13 Å². The monoisotopic (exact) mass is 288 g/mol. The van der Waals surface area contributed by atoms with E-state index in [1.54, 1.807) is 0 Å². The van der Waals surface area contributed by atoms with Gasteiger partial charge in [-0.3, -0.25) is 4.79 Å². The van der Waals surface area contributed by atoms with Crippen molar-refractivity contribution in [3.05, 3.63) is 0 Å². The third kappa shape index (κ3) is 3.84. The van der Waals surface area contributed by atoms with Crippen LogP contribution in [0.2, 0.25) is 0 Å². The van der Waals surface area contributed by atoms with Gasteiger partial charge >= 0.3 is 0 Å². The molecule has 1 atom stereocenters. The molecule has 1 rings (SSSR count). The number of nitrogen functional groups attached to an aromatic ring is 1. The molecule has 7 heteroatoms. The Labute approximate surface area is 116 Å². The quantitative estimate of drug-likeness (QED) is 0.841. The Morgan fingerprint density at radius 1 is 1.22 bits per heavy atom. The van der Waals surface area contributed by atoms with Crippen LogP contribution in [0.25, 0.3) is 0 Å². The molecule has 0 aliphatic rings. The highest BCUT2D eigenvalue weighted by Crippen LogP contribution is 2.29. The maximum Gasteiger partial charge on any atom is 0.236 e. The molecule has 0 fully saturated rings. The molecule has 0 spiro atoms. The maximum absolute atomic E-state index is 12.4. The summed E-state index contributed by atoms with van der Waals surface area (Å²) in [6.07, 6.45) is 0. The van der Waals surface area contributed by atoms with Crippen LogP contribution in [-0.4, -0.2) is 38.3 Å². The Morgan fingerprint density at radius 2 is 1.78 bits per heavy atom. The topological polar surface area (TPSA) is 72.1 Å². The van der Waals surface area contributed by atoms with Crippen molar-refractivity contribution in [1.82, 2.24) is 15.1 Å². The Kier molecular flexibility index (Phi) is 5.40. The zero-order chi connectivity index (χ0) is 13.9. The van der Waals surface area contributed by atoms with Crippen LogP contribution < -0.4 is 5.73 Å². The van der Waals surface area contributed by atoms with Crippen molar-refractivity contribution in [2.24, 2.45) is 0 Å². The average molecular weight is 288 g/mol. The third-order valence-corrected chi connectivity index (χ3v) is 4.34. The minimum atomic E-state index is -0.179. The zero-order valence-electron chi connectivity index (χ0n) is 11.4. The number of hydrogen-bond donors (Lipinski definition) is 1. The number of nitrogens with two attached hydrogens (primary N) is 1. The van der Waals surface area contributed by atoms with Crippen molar-refractivity contribution < 1.29 is 4.79 Å². The summed E-state index contributed by atoms with van der Waals surface area (Å²) >= 11 is 2.72. The standard InChI is InChI=1S/C11H20N4OS2/c1-6(2)15(7(3)4)9(16)8(5)17-11-14-13-10(12)18-11/h6-8H,1-5H3,(H2,12,13)/t8-/m1/s1. The Bertz CT molecular complexity index is 398. The van der Waals surface area contributed by atoms with Crippen molar-refractivity contribution in [2.75, 3.05) is 5.73 Å². The molecule has 0 saturated heterocycles. The fourth-order valence-corrected chi connectivity index (χ4v) is 3.62. The summed E-state index contributed by atoms with van der Waals surface area (Å²) in [5, 5.41) is 7.92. The lowest BCUT2D eigenvalue weighted by Gasteiger charge is -2.32. The van der Waals surface area contributed by atoms with E-state index in [9.17, 15) is 4.79 Å². The molecule has 102 valence electrons. The van der Waals surface area contributed by atoms with E-state index in [0.717, 1.165) is 4.34 Å². The number of carbonyl (C=O) groups excluding carboxylic acids is 1. The number of thioether (sulfide) groups is 1. The SMILES string of the molecule is CC(C)N(C(=O)[C@@H](C)Sc1nnc(N)s1)C(C)C. The number of amides is 1. The number of nitrogens with zero attached hydrogens (tertiary/aromatic N) is 3. The summed E-state index contributed by atoms with van der Waals surface area (Å²) in [6.45, 7) is 10.00. The second-order valence-corrected chi connectivity index (χ2v) is 7.20. The van der Waals surface area contributed by atoms with Gasteiger partial charge in [-0.1, -0.05) is 23.1 Å². The number of carbonyl (C=O) groups is 1. The molecule has 1 amide bonds. The van der Waals surface area contributed by atoms with Gasteiger partial charge in [0.25, 0.3) is 0 Å². The highest BCUT2D eigenvalue weighted by Gasteiger charge is 2.26. The molecular weight excluding hydrogens is 268 g/mol. The highest BCUT2D eigenvalue weighted by molar-refractivity contribution is 8.02. The van der Waals surface area contributed by atoms with Gasteiger partial charge in [-0.15, -0.1) is 10.2 Å². The van der Waals surface area contributed by atoms with Gasteiger partial charge < -0.3 is 10.6 Å². The van der Waals surface area contributed by atoms with Crippen molar-refractivity contribution in [1.29, 1.82) is 0 Å². The Hall–Kier alpha value is -0.820. The zero-order valence-corrected chi connectivity index (χ0v) is 13.0. The van der Waals surface area contributed by atoms with E-state index in [1.165, 1.54) is 23.1 Å². The smallest absolute Gasteiger partial charge is 0.236 e. The number of anilines is 1. The number of rotatable bonds is 5. The van der Waals surface area contributed by atoms with Crippen LogP contribution in [-0.2, 0) is 4.79 Å². The fraction of sp³-hybridized carbons (Fsp3) is 0.727. The van der Waals surface area contributed by atoms with E-state index >= 15 is 0 Å². The van der Waals surface area contributed by atoms with Crippen molar-refractivity contribution >= 4 is 34.1 Å². The normalized spacial score (nSPS) is 13.1. The first kappa shape index (κ1) is 15.2. The van der Waals surface area contributed by atoms with Gasteiger partial charge in [0, 0.05) is 12.1 Å². The van der Waals surface area contributed by atoms with Crippen molar-refractivity contribution in [2.45, 2.75) is 56.3 Å². The van der Waals surface area contributed by atoms with E-state index in [-0.39, 0.29) is 23.2 Å². The van der Waals surface area contributed by atoms with Crippen LogP contribution in [0, 0.1) is 0 Å². The van der Waals surface area contributed by atoms with Crippen molar-refractivity contribution in [3.63, 3.8) is 0 Å². The largest absolute Gasteiger partial charge is 0.374 e. The van der Waals surface area contributed by atoms with Crippen LogP contribution in [0.15, 0.2) is 4.34 Å². The number of aromatic nitrogens is 2. The van der Waals surface area contributed by atoms with E-state index in [2.05, 4.69) is 10.2 Å². The molecule has 2 N–H and O–H groups in total. The summed E-state index contributed by atoms with van der Waals surface area (Å²) in [5.41, 5.74) is 5.52. The van der Waals surface area contributed by atoms with Gasteiger partial charge in [-0.05, 0) is 34.6 Å². The van der Waals surface area contributed by atoms with Crippen LogP contribution in [0.1, 0.15) is 34.6 Å². The summed E-state index contributed by atoms with van der Waals surface area (Å²) in [4.78, 5) is 14.3. The molecular formula is C11H20N4OS2. The molecule has 0 bridgehead atoms. The lowest BCUT2D eigenvalue weighted by molar-refractivity contribution is -0.133. The second kappa shape index (κ2) is 6.38. The van der Waals surface area contributed by atoms with Gasteiger partial charge in [0.15, 0.2) is 4.34 Å². The maximum atomic E-state index is 12.4. The Morgan fingerprint density at radius 3 is 2.17 bits per heavy atom. The molecule has 0 aromatic carbocycles. The van der Waals surface area contributed by atoms with Crippen LogP contribution >= 0.6 is 23.1 Å². The molecule has 0 aliphatic heterocycles. The summed E-state index contributed by atoms with van der Waals surface area (Å²) < 4.78 is 0.737. The summed E-state index contributed by atoms with van der Waals surface area (Å²) in [5.74, 6) is 0.124. The second-order valence-electron chi connectivity index (χ2n) is 4.60. The molecule has 5 nitrogen and oxygen atoms in total. The predicted molar refractivity (Wildman–Crippen MR) is 76.8 cm³/mol. The molecule has 1 aromatic rings. The molecule has 0 aliphatic carbocycles. The minimum Gasteiger partial charge on any atom is -0.374 e. The molecule has 1 aromatic heterocycles. The highest BCUT2D eigenvalue weighted by atomic mass is 32.2. The van der Waals surface area contributed by atoms with E-state index < -0.39 is 0 Å². The predicted octanol–water partition coefficient (Wildman–Crippen LogP) is 2.25. The Balaban J connectivity index is 2.70. The van der Waals surface area contributed by atoms with E-state index in [1.807, 2.05) is 39.5 Å². The van der Waals surface area contributed by atoms with Crippen LogP contribution in [0.5, 0.6) is 0 Å². The minimum absolute atomic E-state index is 0.124. The number of hydrogen-bond acceptors (Lipinski definition) is 6. The lowest BCUT2D eigenvalue weighted by Crippen LogP contribution is -2.45. The summed E-state index contributed by atoms with van der Waals surface area (Å²) in [6, 6.07) is 0.389. The summed E-state index contributed by atoms with van der Waals surface area (Å²) in [7, 11) is 0. The van der Waals surface area contributed by atoms with E-state index in [0.29, 0.717) is 5.13 Å². The molecule has 1 heterocycles. The molecule has 0 unspecified atom stereocenters. The molecule has 18 heavy (non-hydrogen) atoms. The van der Waals surface area contributed by atoms with Gasteiger partial charge in [0.1, 0.15) is 0 Å². The molecule has 0 radical (unpaired) electrons.